The Labute approximate surface area is 237 Å². The van der Waals surface area contributed by atoms with Gasteiger partial charge in [0.05, 0.1) is 38.0 Å². The number of fused-ring (bicyclic) bond motifs is 1. The van der Waals surface area contributed by atoms with Crippen molar-refractivity contribution >= 4 is 12.1 Å². The Morgan fingerprint density at radius 2 is 1.82 bits per heavy atom. The molecule has 5 rings (SSSR count). The van der Waals surface area contributed by atoms with Crippen LogP contribution in [0.2, 0.25) is 0 Å². The molecule has 1 aromatic rings. The van der Waals surface area contributed by atoms with E-state index in [4.69, 9.17) is 18.9 Å². The van der Waals surface area contributed by atoms with Crippen molar-refractivity contribution < 1.29 is 33.6 Å². The van der Waals surface area contributed by atoms with Gasteiger partial charge in [-0.2, -0.15) is 0 Å². The van der Waals surface area contributed by atoms with Gasteiger partial charge in [0.2, 0.25) is 0 Å². The van der Waals surface area contributed by atoms with Crippen molar-refractivity contribution in [3.05, 3.63) is 35.9 Å². The van der Waals surface area contributed by atoms with Crippen LogP contribution in [0.4, 0.5) is 9.59 Å². The molecule has 7 unspecified atom stereocenters. The topological polar surface area (TPSA) is 110 Å². The van der Waals surface area contributed by atoms with Gasteiger partial charge in [-0.25, -0.2) is 9.59 Å². The lowest BCUT2D eigenvalue weighted by molar-refractivity contribution is -0.169. The number of alkyl carbamates (subject to hydrolysis) is 1. The molecule has 3 aliphatic heterocycles. The average molecular weight is 560 g/mol. The van der Waals surface area contributed by atoms with Gasteiger partial charge in [0.1, 0.15) is 6.10 Å². The second-order valence-corrected chi connectivity index (χ2v) is 12.2. The summed E-state index contributed by atoms with van der Waals surface area (Å²) in [6.07, 6.45) is 1.13. The first-order valence-corrected chi connectivity index (χ1v) is 14.8. The number of carbonyl (C=O) groups excluding carboxylic acids is 2. The van der Waals surface area contributed by atoms with Gasteiger partial charge in [0.15, 0.2) is 6.29 Å². The molecule has 1 aliphatic carbocycles. The van der Waals surface area contributed by atoms with Crippen molar-refractivity contribution in [2.24, 2.45) is 23.7 Å². The number of amides is 3. The van der Waals surface area contributed by atoms with Crippen molar-refractivity contribution in [2.75, 3.05) is 46.5 Å². The lowest BCUT2D eigenvalue weighted by atomic mass is 9.98. The number of carbonyl (C=O) groups is 2. The Balaban J connectivity index is 1.25. The van der Waals surface area contributed by atoms with Gasteiger partial charge in [0.25, 0.3) is 0 Å². The number of aliphatic hydroxyl groups excluding tert-OH is 1. The molecule has 1 saturated carbocycles. The van der Waals surface area contributed by atoms with E-state index in [1.54, 1.807) is 12.0 Å². The fourth-order valence-corrected chi connectivity index (χ4v) is 6.82. The number of nitrogens with one attached hydrogen (secondary N) is 1. The van der Waals surface area contributed by atoms with E-state index >= 15 is 0 Å². The molecule has 4 aliphatic rings. The highest BCUT2D eigenvalue weighted by atomic mass is 16.7. The molecule has 10 nitrogen and oxygen atoms in total. The largest absolute Gasteiger partial charge is 0.445 e. The van der Waals surface area contributed by atoms with Gasteiger partial charge < -0.3 is 39.2 Å². The summed E-state index contributed by atoms with van der Waals surface area (Å²) >= 11 is 0. The van der Waals surface area contributed by atoms with Crippen molar-refractivity contribution in [1.82, 2.24) is 15.1 Å². The van der Waals surface area contributed by atoms with E-state index in [0.29, 0.717) is 39.3 Å². The van der Waals surface area contributed by atoms with Crippen LogP contribution in [0.5, 0.6) is 0 Å². The van der Waals surface area contributed by atoms with Crippen LogP contribution < -0.4 is 5.32 Å². The molecule has 1 aromatic carbocycles. The van der Waals surface area contributed by atoms with Crippen LogP contribution in [-0.4, -0.2) is 104 Å². The Morgan fingerprint density at radius 3 is 2.52 bits per heavy atom. The highest BCUT2D eigenvalue weighted by Gasteiger charge is 2.56. The molecule has 10 heteroatoms. The molecule has 0 aromatic heterocycles. The van der Waals surface area contributed by atoms with Crippen LogP contribution in [-0.2, 0) is 25.4 Å². The Morgan fingerprint density at radius 1 is 1.10 bits per heavy atom. The SMILES string of the molecule is COC1CCN(C(=O)N(CC(C)C)CC(O)C(Cc2ccccc2)NC(=O)OC2C3COC4OCC2C4C3)CC1. The lowest BCUT2D eigenvalue weighted by Crippen LogP contribution is -2.55. The molecule has 4 fully saturated rings. The minimum Gasteiger partial charge on any atom is -0.445 e. The molecule has 222 valence electrons. The number of hydrogen-bond donors (Lipinski definition) is 2. The van der Waals surface area contributed by atoms with Crippen LogP contribution in [0.3, 0.4) is 0 Å². The first kappa shape index (κ1) is 29.1. The Kier molecular flexibility index (Phi) is 9.50. The first-order valence-electron chi connectivity index (χ1n) is 14.8. The van der Waals surface area contributed by atoms with E-state index in [-0.39, 0.29) is 54.7 Å². The second-order valence-electron chi connectivity index (χ2n) is 12.2. The van der Waals surface area contributed by atoms with Crippen molar-refractivity contribution in [3.8, 4) is 0 Å². The molecule has 7 atom stereocenters. The van der Waals surface area contributed by atoms with Gasteiger partial charge in [-0.3, -0.25) is 0 Å². The normalized spacial score (nSPS) is 29.3. The molecule has 2 bridgehead atoms. The zero-order chi connectivity index (χ0) is 28.2. The predicted octanol–water partition coefficient (Wildman–Crippen LogP) is 2.88. The maximum atomic E-state index is 13.5. The summed E-state index contributed by atoms with van der Waals surface area (Å²) in [4.78, 5) is 30.4. The third-order valence-corrected chi connectivity index (χ3v) is 8.91. The maximum Gasteiger partial charge on any atom is 0.407 e. The van der Waals surface area contributed by atoms with Gasteiger partial charge in [-0.05, 0) is 37.2 Å². The lowest BCUT2D eigenvalue weighted by Gasteiger charge is -2.37. The number of aliphatic hydroxyl groups is 1. The highest BCUT2D eigenvalue weighted by Crippen LogP contribution is 2.49. The molecular weight excluding hydrogens is 514 g/mol. The van der Waals surface area contributed by atoms with Gasteiger partial charge in [0, 0.05) is 44.5 Å². The van der Waals surface area contributed by atoms with E-state index in [1.807, 2.05) is 35.2 Å². The number of likely N-dealkylation sites (tertiary alicyclic amines) is 1. The van der Waals surface area contributed by atoms with E-state index in [2.05, 4.69) is 19.2 Å². The van der Waals surface area contributed by atoms with Crippen LogP contribution >= 0.6 is 0 Å². The van der Waals surface area contributed by atoms with Crippen LogP contribution in [0.1, 0.15) is 38.7 Å². The van der Waals surface area contributed by atoms with Crippen LogP contribution in [0.25, 0.3) is 0 Å². The smallest absolute Gasteiger partial charge is 0.407 e. The Bertz CT molecular complexity index is 987. The number of benzene rings is 1. The predicted molar refractivity (Wildman–Crippen MR) is 148 cm³/mol. The molecule has 0 spiro atoms. The number of rotatable bonds is 10. The van der Waals surface area contributed by atoms with Crippen molar-refractivity contribution in [3.63, 3.8) is 0 Å². The summed E-state index contributed by atoms with van der Waals surface area (Å²) in [5, 5.41) is 14.5. The molecule has 2 N–H and O–H groups in total. The standard InChI is InChI=1S/C30H45N3O7/c1-19(2)15-33(30(36)32-11-9-22(37-3)10-12-32)16-26(34)25(13-20-7-5-4-6-8-20)31-29(35)40-27-21-14-23-24(27)18-39-28(23)38-17-21/h4-8,19,21-28,34H,9-18H2,1-3H3,(H,31,35). The van der Waals surface area contributed by atoms with E-state index in [9.17, 15) is 14.7 Å². The summed E-state index contributed by atoms with van der Waals surface area (Å²) in [6.45, 7) is 7.04. The quantitative estimate of drug-likeness (QED) is 0.454. The van der Waals surface area contributed by atoms with Crippen LogP contribution in [0, 0.1) is 23.7 Å². The number of urea groups is 1. The van der Waals surface area contributed by atoms with Crippen molar-refractivity contribution in [2.45, 2.75) is 70.2 Å². The third-order valence-electron chi connectivity index (χ3n) is 8.91. The molecule has 0 radical (unpaired) electrons. The minimum absolute atomic E-state index is 0.0858. The molecule has 40 heavy (non-hydrogen) atoms. The Hall–Kier alpha value is -2.40. The fraction of sp³-hybridized carbons (Fsp3) is 0.733. The summed E-state index contributed by atoms with van der Waals surface area (Å²) in [5.74, 6) is 0.799. The average Bonchev–Trinajstić information content (AvgIpc) is 3.49. The van der Waals surface area contributed by atoms with Crippen molar-refractivity contribution in [1.29, 1.82) is 0 Å². The fourth-order valence-electron chi connectivity index (χ4n) is 6.82. The van der Waals surface area contributed by atoms with E-state index in [1.165, 1.54) is 0 Å². The zero-order valence-corrected chi connectivity index (χ0v) is 23.9. The third kappa shape index (κ3) is 6.73. The minimum atomic E-state index is -0.989. The molecule has 3 amide bonds. The van der Waals surface area contributed by atoms with E-state index in [0.717, 1.165) is 24.8 Å². The number of hydrogen-bond acceptors (Lipinski definition) is 7. The monoisotopic (exact) mass is 559 g/mol. The van der Waals surface area contributed by atoms with Crippen LogP contribution in [0.15, 0.2) is 30.3 Å². The van der Waals surface area contributed by atoms with E-state index < -0.39 is 18.2 Å². The number of nitrogens with zero attached hydrogens (tertiary/aromatic N) is 2. The van der Waals surface area contributed by atoms with Gasteiger partial charge >= 0.3 is 12.1 Å². The maximum absolute atomic E-state index is 13.5. The molecule has 3 saturated heterocycles. The van der Waals surface area contributed by atoms with Gasteiger partial charge in [-0.15, -0.1) is 0 Å². The summed E-state index contributed by atoms with van der Waals surface area (Å²) in [5.41, 5.74) is 0.979. The number of ether oxygens (including phenoxy) is 4. The molecular formula is C30H45N3O7. The number of piperidine rings is 1. The summed E-state index contributed by atoms with van der Waals surface area (Å²) in [6, 6.07) is 9.02. The highest BCUT2D eigenvalue weighted by molar-refractivity contribution is 5.74. The molecule has 3 heterocycles. The first-order chi connectivity index (χ1) is 19.3. The summed E-state index contributed by atoms with van der Waals surface area (Å²) in [7, 11) is 1.71. The second kappa shape index (κ2) is 13.1. The zero-order valence-electron chi connectivity index (χ0n) is 23.9. The van der Waals surface area contributed by atoms with Gasteiger partial charge in [-0.1, -0.05) is 44.2 Å². The number of methoxy groups -OCH3 is 1. The summed E-state index contributed by atoms with van der Waals surface area (Å²) < 4.78 is 23.0.